The summed E-state index contributed by atoms with van der Waals surface area (Å²) in [6.07, 6.45) is 4.03. The van der Waals surface area contributed by atoms with Gasteiger partial charge in [0.25, 0.3) is 0 Å². The maximum atomic E-state index is 12.0. The molecule has 0 aliphatic heterocycles. The van der Waals surface area contributed by atoms with Crippen molar-refractivity contribution in [2.75, 3.05) is 11.9 Å². The quantitative estimate of drug-likeness (QED) is 0.730. The number of aromatic nitrogens is 1. The molecule has 6 nitrogen and oxygen atoms in total. The number of hydrogen-bond acceptors (Lipinski definition) is 4. The van der Waals surface area contributed by atoms with E-state index in [2.05, 4.69) is 15.6 Å². The molecule has 0 unspecified atom stereocenters. The SMILES string of the molecule is O=C(CCc1ccco1)NCC(=O)Nc1cccc2cccnc12. The summed E-state index contributed by atoms with van der Waals surface area (Å²) in [5, 5.41) is 6.32. The first-order chi connectivity index (χ1) is 11.7. The Morgan fingerprint density at radius 3 is 2.75 bits per heavy atom. The van der Waals surface area contributed by atoms with Gasteiger partial charge in [-0.05, 0) is 24.3 Å². The Kier molecular flexibility index (Phi) is 4.86. The van der Waals surface area contributed by atoms with Crippen LogP contribution in [-0.2, 0) is 16.0 Å². The molecule has 2 aromatic heterocycles. The fourth-order valence-corrected chi connectivity index (χ4v) is 2.36. The van der Waals surface area contributed by atoms with Crippen LogP contribution in [0.1, 0.15) is 12.2 Å². The highest BCUT2D eigenvalue weighted by molar-refractivity contribution is 6.01. The lowest BCUT2D eigenvalue weighted by molar-refractivity contribution is -0.124. The highest BCUT2D eigenvalue weighted by Crippen LogP contribution is 2.20. The summed E-state index contributed by atoms with van der Waals surface area (Å²) in [6, 6.07) is 12.9. The monoisotopic (exact) mass is 323 g/mol. The predicted molar refractivity (Wildman–Crippen MR) is 90.4 cm³/mol. The number of amides is 2. The Labute approximate surface area is 138 Å². The van der Waals surface area contributed by atoms with Crippen molar-refractivity contribution in [3.63, 3.8) is 0 Å². The van der Waals surface area contributed by atoms with Gasteiger partial charge in [0.15, 0.2) is 0 Å². The minimum absolute atomic E-state index is 0.0831. The number of furan rings is 1. The van der Waals surface area contributed by atoms with Gasteiger partial charge in [-0.2, -0.15) is 0 Å². The van der Waals surface area contributed by atoms with Gasteiger partial charge in [-0.15, -0.1) is 0 Å². The average Bonchev–Trinajstić information content (AvgIpc) is 3.12. The molecule has 3 aromatic rings. The molecule has 3 rings (SSSR count). The second-order valence-electron chi connectivity index (χ2n) is 5.28. The third kappa shape index (κ3) is 3.98. The molecule has 0 saturated carbocycles. The molecular weight excluding hydrogens is 306 g/mol. The molecule has 0 radical (unpaired) electrons. The summed E-state index contributed by atoms with van der Waals surface area (Å²) in [5.74, 6) is 0.258. The first-order valence-electron chi connectivity index (χ1n) is 7.65. The predicted octanol–water partition coefficient (Wildman–Crippen LogP) is 2.52. The zero-order valence-electron chi connectivity index (χ0n) is 13.0. The number of para-hydroxylation sites is 1. The van der Waals surface area contributed by atoms with E-state index in [4.69, 9.17) is 4.42 Å². The zero-order valence-corrected chi connectivity index (χ0v) is 13.0. The average molecular weight is 323 g/mol. The van der Waals surface area contributed by atoms with Crippen LogP contribution in [0.5, 0.6) is 0 Å². The molecule has 1 aromatic carbocycles. The number of anilines is 1. The van der Waals surface area contributed by atoms with Crippen molar-refractivity contribution in [1.29, 1.82) is 0 Å². The van der Waals surface area contributed by atoms with Gasteiger partial charge in [0.1, 0.15) is 5.76 Å². The van der Waals surface area contributed by atoms with Crippen LogP contribution in [0.3, 0.4) is 0 Å². The molecule has 0 saturated heterocycles. The first kappa shape index (κ1) is 15.7. The fourth-order valence-electron chi connectivity index (χ4n) is 2.36. The number of carbonyl (C=O) groups is 2. The van der Waals surface area contributed by atoms with E-state index in [-0.39, 0.29) is 24.8 Å². The highest BCUT2D eigenvalue weighted by Gasteiger charge is 2.09. The summed E-state index contributed by atoms with van der Waals surface area (Å²) in [5.41, 5.74) is 1.35. The lowest BCUT2D eigenvalue weighted by Crippen LogP contribution is -2.33. The van der Waals surface area contributed by atoms with Crippen molar-refractivity contribution >= 4 is 28.4 Å². The second-order valence-corrected chi connectivity index (χ2v) is 5.28. The largest absolute Gasteiger partial charge is 0.469 e. The van der Waals surface area contributed by atoms with E-state index >= 15 is 0 Å². The molecule has 2 amide bonds. The van der Waals surface area contributed by atoms with Crippen LogP contribution in [-0.4, -0.2) is 23.3 Å². The summed E-state index contributed by atoms with van der Waals surface area (Å²) in [6.45, 7) is -0.0831. The molecule has 2 N–H and O–H groups in total. The molecule has 0 bridgehead atoms. The van der Waals surface area contributed by atoms with Crippen molar-refractivity contribution in [2.45, 2.75) is 12.8 Å². The van der Waals surface area contributed by atoms with Crippen molar-refractivity contribution in [1.82, 2.24) is 10.3 Å². The van der Waals surface area contributed by atoms with Gasteiger partial charge in [0.2, 0.25) is 11.8 Å². The van der Waals surface area contributed by atoms with Gasteiger partial charge in [-0.25, -0.2) is 0 Å². The van der Waals surface area contributed by atoms with E-state index < -0.39 is 0 Å². The Morgan fingerprint density at radius 2 is 1.92 bits per heavy atom. The maximum absolute atomic E-state index is 12.0. The fraction of sp³-hybridized carbons (Fsp3) is 0.167. The molecule has 24 heavy (non-hydrogen) atoms. The Morgan fingerprint density at radius 1 is 1.04 bits per heavy atom. The number of nitrogens with zero attached hydrogens (tertiary/aromatic N) is 1. The van der Waals surface area contributed by atoms with Gasteiger partial charge in [-0.3, -0.25) is 14.6 Å². The van der Waals surface area contributed by atoms with Crippen LogP contribution >= 0.6 is 0 Å². The molecule has 0 aliphatic carbocycles. The lowest BCUT2D eigenvalue weighted by atomic mass is 10.2. The number of carbonyl (C=O) groups excluding carboxylic acids is 2. The smallest absolute Gasteiger partial charge is 0.243 e. The second kappa shape index (κ2) is 7.41. The van der Waals surface area contributed by atoms with Crippen LogP contribution in [0.4, 0.5) is 5.69 Å². The molecule has 0 aliphatic rings. The molecule has 122 valence electrons. The van der Waals surface area contributed by atoms with Gasteiger partial charge in [-0.1, -0.05) is 18.2 Å². The molecule has 0 spiro atoms. The Hall–Kier alpha value is -3.15. The van der Waals surface area contributed by atoms with Crippen molar-refractivity contribution in [3.05, 3.63) is 60.7 Å². The van der Waals surface area contributed by atoms with E-state index in [9.17, 15) is 9.59 Å². The van der Waals surface area contributed by atoms with Gasteiger partial charge < -0.3 is 15.1 Å². The normalized spacial score (nSPS) is 10.5. The van der Waals surface area contributed by atoms with Crippen LogP contribution in [0, 0.1) is 0 Å². The summed E-state index contributed by atoms with van der Waals surface area (Å²) in [7, 11) is 0. The summed E-state index contributed by atoms with van der Waals surface area (Å²) in [4.78, 5) is 28.1. The maximum Gasteiger partial charge on any atom is 0.243 e. The van der Waals surface area contributed by atoms with E-state index in [0.717, 1.165) is 16.7 Å². The number of benzene rings is 1. The summed E-state index contributed by atoms with van der Waals surface area (Å²) < 4.78 is 5.16. The van der Waals surface area contributed by atoms with E-state index in [1.807, 2.05) is 30.3 Å². The highest BCUT2D eigenvalue weighted by atomic mass is 16.3. The molecule has 0 atom stereocenters. The molecule has 2 heterocycles. The van der Waals surface area contributed by atoms with Crippen molar-refractivity contribution < 1.29 is 14.0 Å². The van der Waals surface area contributed by atoms with Crippen LogP contribution in [0.2, 0.25) is 0 Å². The first-order valence-corrected chi connectivity index (χ1v) is 7.65. The van der Waals surface area contributed by atoms with Gasteiger partial charge >= 0.3 is 0 Å². The van der Waals surface area contributed by atoms with Gasteiger partial charge in [0, 0.05) is 24.4 Å². The number of aryl methyl sites for hydroxylation is 1. The van der Waals surface area contributed by atoms with Crippen LogP contribution in [0.15, 0.2) is 59.3 Å². The molecule has 0 fully saturated rings. The van der Waals surface area contributed by atoms with Gasteiger partial charge in [0.05, 0.1) is 24.0 Å². The standard InChI is InChI=1S/C18H17N3O3/c22-16(9-8-14-6-3-11-24-14)20-12-17(23)21-15-7-1-4-13-5-2-10-19-18(13)15/h1-7,10-11H,8-9,12H2,(H,20,22)(H,21,23). The summed E-state index contributed by atoms with van der Waals surface area (Å²) >= 11 is 0. The third-order valence-corrected chi connectivity index (χ3v) is 3.53. The number of fused-ring (bicyclic) bond motifs is 1. The minimum Gasteiger partial charge on any atom is -0.469 e. The topological polar surface area (TPSA) is 84.2 Å². The van der Waals surface area contributed by atoms with E-state index in [0.29, 0.717) is 12.1 Å². The zero-order chi connectivity index (χ0) is 16.8. The van der Waals surface area contributed by atoms with Crippen molar-refractivity contribution in [2.24, 2.45) is 0 Å². The Balaban J connectivity index is 1.51. The van der Waals surface area contributed by atoms with E-state index in [1.54, 1.807) is 24.6 Å². The number of rotatable bonds is 6. The van der Waals surface area contributed by atoms with Crippen molar-refractivity contribution in [3.8, 4) is 0 Å². The Bertz CT molecular complexity index is 838. The van der Waals surface area contributed by atoms with Crippen LogP contribution in [0.25, 0.3) is 10.9 Å². The number of nitrogens with one attached hydrogen (secondary N) is 2. The third-order valence-electron chi connectivity index (χ3n) is 3.53. The molecule has 6 heteroatoms. The minimum atomic E-state index is -0.292. The molecular formula is C18H17N3O3. The number of hydrogen-bond donors (Lipinski definition) is 2. The lowest BCUT2D eigenvalue weighted by Gasteiger charge is -2.08. The number of pyridine rings is 1. The van der Waals surface area contributed by atoms with E-state index in [1.165, 1.54) is 0 Å². The van der Waals surface area contributed by atoms with Crippen LogP contribution < -0.4 is 10.6 Å².